The number of nitrogens with one attached hydrogen (secondary N) is 2. The highest BCUT2D eigenvalue weighted by molar-refractivity contribution is 5.85. The minimum absolute atomic E-state index is 0.0573. The molecule has 0 aliphatic carbocycles. The van der Waals surface area contributed by atoms with E-state index in [2.05, 4.69) is 82.7 Å². The number of aliphatic hydroxyl groups excluding tert-OH is 1. The van der Waals surface area contributed by atoms with Gasteiger partial charge in [-0.25, -0.2) is 4.98 Å². The van der Waals surface area contributed by atoms with Crippen molar-refractivity contribution in [2.75, 3.05) is 20.3 Å². The molecule has 3 N–H and O–H groups in total. The van der Waals surface area contributed by atoms with Crippen LogP contribution < -0.4 is 0 Å². The highest BCUT2D eigenvalue weighted by Crippen LogP contribution is 2.42. The third kappa shape index (κ3) is 5.97. The quantitative estimate of drug-likeness (QED) is 0.172. The average Bonchev–Trinajstić information content (AvgIpc) is 3.70. The molecule has 234 valence electrons. The van der Waals surface area contributed by atoms with Crippen LogP contribution in [0.5, 0.6) is 0 Å². The van der Waals surface area contributed by atoms with Gasteiger partial charge in [0.2, 0.25) is 0 Å². The third-order valence-corrected chi connectivity index (χ3v) is 9.44. The first-order chi connectivity index (χ1) is 21.1. The molecule has 8 bridgehead atoms. The lowest BCUT2D eigenvalue weighted by molar-refractivity contribution is -0.140. The van der Waals surface area contributed by atoms with Gasteiger partial charge in [-0.05, 0) is 106 Å². The standard InChI is InChI=1S/C36H46N4O4/c1-9-25-20(3)29-18-33-35(24(7)44-14-10-13-41)22(5)31(39-33)17-30-21(4)26(11-12-34(42)43-8)36(40-30)23(6)28-15-19(2)27(37-28)16-32(25)38-29/h15-18,21,24,26,38-39,41H,9-14H2,1-8H3/t21?,24?,26-/m0/s1. The van der Waals surface area contributed by atoms with Gasteiger partial charge in [0.15, 0.2) is 0 Å². The first kappa shape index (κ1) is 31.7. The van der Waals surface area contributed by atoms with Gasteiger partial charge in [-0.15, -0.1) is 0 Å². The zero-order valence-electron chi connectivity index (χ0n) is 27.4. The summed E-state index contributed by atoms with van der Waals surface area (Å²) in [5, 5.41) is 9.33. The van der Waals surface area contributed by atoms with Crippen molar-refractivity contribution in [3.63, 3.8) is 0 Å². The molecule has 0 amide bonds. The lowest BCUT2D eigenvalue weighted by atomic mass is 9.86. The van der Waals surface area contributed by atoms with Crippen molar-refractivity contribution in [1.29, 1.82) is 0 Å². The van der Waals surface area contributed by atoms with Crippen LogP contribution in [0.25, 0.3) is 33.7 Å². The molecule has 5 heterocycles. The molecule has 0 saturated carbocycles. The number of nitrogens with zero attached hydrogens (tertiary/aromatic N) is 2. The molecule has 8 nitrogen and oxygen atoms in total. The number of esters is 1. The fourth-order valence-corrected chi connectivity index (χ4v) is 6.73. The summed E-state index contributed by atoms with van der Waals surface area (Å²) in [5.41, 5.74) is 14.7. The molecule has 2 aliphatic rings. The molecule has 3 aromatic rings. The van der Waals surface area contributed by atoms with Crippen molar-refractivity contribution < 1.29 is 19.4 Å². The minimum Gasteiger partial charge on any atom is -0.469 e. The van der Waals surface area contributed by atoms with Crippen LogP contribution in [0.1, 0.15) is 115 Å². The minimum atomic E-state index is -0.212. The molecule has 0 spiro atoms. The third-order valence-electron chi connectivity index (χ3n) is 9.44. The molecule has 2 unspecified atom stereocenters. The largest absolute Gasteiger partial charge is 0.469 e. The summed E-state index contributed by atoms with van der Waals surface area (Å²) in [4.78, 5) is 29.9. The Morgan fingerprint density at radius 2 is 1.73 bits per heavy atom. The number of aliphatic hydroxyl groups is 1. The number of ether oxygens (including phenoxy) is 2. The summed E-state index contributed by atoms with van der Waals surface area (Å²) in [7, 11) is 1.44. The predicted octanol–water partition coefficient (Wildman–Crippen LogP) is 7.66. The number of methoxy groups -OCH3 is 1. The molecule has 0 radical (unpaired) electrons. The molecule has 8 heteroatoms. The van der Waals surface area contributed by atoms with Crippen molar-refractivity contribution in [2.24, 2.45) is 0 Å². The predicted molar refractivity (Wildman–Crippen MR) is 177 cm³/mol. The van der Waals surface area contributed by atoms with E-state index < -0.39 is 0 Å². The van der Waals surface area contributed by atoms with Crippen LogP contribution in [-0.4, -0.2) is 51.3 Å². The maximum absolute atomic E-state index is 12.2. The lowest BCUT2D eigenvalue weighted by Gasteiger charge is -2.16. The first-order valence-corrected chi connectivity index (χ1v) is 15.8. The Bertz CT molecular complexity index is 1760. The maximum atomic E-state index is 12.2. The van der Waals surface area contributed by atoms with E-state index in [9.17, 15) is 9.90 Å². The van der Waals surface area contributed by atoms with Crippen molar-refractivity contribution in [3.8, 4) is 0 Å². The smallest absolute Gasteiger partial charge is 0.305 e. The highest BCUT2D eigenvalue weighted by atomic mass is 16.5. The van der Waals surface area contributed by atoms with E-state index >= 15 is 0 Å². The van der Waals surface area contributed by atoms with E-state index in [-0.39, 0.29) is 30.5 Å². The number of rotatable bonds is 9. The number of carbonyl (C=O) groups is 1. The number of hydrogen-bond donors (Lipinski definition) is 3. The van der Waals surface area contributed by atoms with E-state index in [4.69, 9.17) is 19.4 Å². The van der Waals surface area contributed by atoms with E-state index in [0.29, 0.717) is 25.9 Å². The van der Waals surface area contributed by atoms with Crippen LogP contribution in [0.15, 0.2) is 18.2 Å². The summed E-state index contributed by atoms with van der Waals surface area (Å²) < 4.78 is 11.2. The zero-order chi connectivity index (χ0) is 31.7. The van der Waals surface area contributed by atoms with Crippen molar-refractivity contribution in [3.05, 3.63) is 68.8 Å². The van der Waals surface area contributed by atoms with Crippen LogP contribution in [-0.2, 0) is 20.7 Å². The normalized spacial score (nSPS) is 17.1. The van der Waals surface area contributed by atoms with Crippen LogP contribution in [0.2, 0.25) is 0 Å². The van der Waals surface area contributed by atoms with Gasteiger partial charge < -0.3 is 24.5 Å². The number of aromatic amines is 2. The van der Waals surface area contributed by atoms with Crippen LogP contribution >= 0.6 is 0 Å². The number of H-pyrrole nitrogens is 2. The molecule has 3 aromatic heterocycles. The molecular weight excluding hydrogens is 552 g/mol. The number of aromatic nitrogens is 4. The van der Waals surface area contributed by atoms with Gasteiger partial charge in [-0.1, -0.05) is 13.8 Å². The second-order valence-electron chi connectivity index (χ2n) is 12.2. The summed E-state index contributed by atoms with van der Waals surface area (Å²) in [5.74, 6) is -0.0579. The molecule has 44 heavy (non-hydrogen) atoms. The molecule has 0 fully saturated rings. The van der Waals surface area contributed by atoms with Gasteiger partial charge >= 0.3 is 5.97 Å². The number of aryl methyl sites for hydroxylation is 3. The second kappa shape index (κ2) is 13.1. The van der Waals surface area contributed by atoms with Gasteiger partial charge in [-0.3, -0.25) is 9.78 Å². The van der Waals surface area contributed by atoms with Gasteiger partial charge in [-0.2, -0.15) is 0 Å². The van der Waals surface area contributed by atoms with Crippen molar-refractivity contribution >= 4 is 39.7 Å². The molecule has 0 saturated heterocycles. The van der Waals surface area contributed by atoms with Gasteiger partial charge in [0.05, 0.1) is 24.6 Å². The van der Waals surface area contributed by atoms with Crippen LogP contribution in [0.4, 0.5) is 0 Å². The van der Waals surface area contributed by atoms with Gasteiger partial charge in [0.25, 0.3) is 0 Å². The van der Waals surface area contributed by atoms with E-state index in [1.165, 1.54) is 18.2 Å². The molecule has 0 aromatic carbocycles. The average molecular weight is 599 g/mol. The van der Waals surface area contributed by atoms with Crippen molar-refractivity contribution in [1.82, 2.24) is 19.9 Å². The second-order valence-corrected chi connectivity index (χ2v) is 12.2. The van der Waals surface area contributed by atoms with Crippen molar-refractivity contribution in [2.45, 2.75) is 92.1 Å². The topological polar surface area (TPSA) is 113 Å². The lowest BCUT2D eigenvalue weighted by Crippen LogP contribution is -2.08. The van der Waals surface area contributed by atoms with Gasteiger partial charge in [0, 0.05) is 70.5 Å². The molecule has 2 aliphatic heterocycles. The number of fused-ring (bicyclic) bond motifs is 8. The monoisotopic (exact) mass is 598 g/mol. The number of allylic oxidation sites excluding steroid dienone is 1. The number of carbonyl (C=O) groups excluding carboxylic acids is 1. The summed E-state index contributed by atoms with van der Waals surface area (Å²) in [6.07, 6.45) is 4.43. The summed E-state index contributed by atoms with van der Waals surface area (Å²) in [6.45, 7) is 15.5. The van der Waals surface area contributed by atoms with Gasteiger partial charge in [0.1, 0.15) is 0 Å². The molecule has 5 rings (SSSR count). The molecule has 3 atom stereocenters. The van der Waals surface area contributed by atoms with E-state index in [0.717, 1.165) is 73.5 Å². The Morgan fingerprint density at radius 1 is 1.00 bits per heavy atom. The molecular formula is C36H46N4O4. The number of hydrogen-bond acceptors (Lipinski definition) is 6. The van der Waals surface area contributed by atoms with E-state index in [1.807, 2.05) is 0 Å². The Kier molecular flexibility index (Phi) is 9.42. The zero-order valence-corrected chi connectivity index (χ0v) is 27.4. The fraction of sp³-hybridized carbons (Fsp3) is 0.472. The van der Waals surface area contributed by atoms with Crippen LogP contribution in [0.3, 0.4) is 0 Å². The summed E-state index contributed by atoms with van der Waals surface area (Å²) >= 11 is 0. The fourth-order valence-electron chi connectivity index (χ4n) is 6.73. The Hall–Kier alpha value is -3.75. The van der Waals surface area contributed by atoms with Crippen LogP contribution in [0, 0.1) is 20.8 Å². The maximum Gasteiger partial charge on any atom is 0.305 e. The van der Waals surface area contributed by atoms with E-state index in [1.54, 1.807) is 0 Å². The summed E-state index contributed by atoms with van der Waals surface area (Å²) in [6, 6.07) is 6.51. The first-order valence-electron chi connectivity index (χ1n) is 15.8. The SMILES string of the molecule is CCc1c(C)c2cc3[nH]c(cc4nc(c(C)c5nc(cc1[nH]2)C(C)=C5)[C@@H](CCC(=O)OC)C4C)c(C)c3C(C)OCCCO. The highest BCUT2D eigenvalue weighted by Gasteiger charge is 2.31. The Morgan fingerprint density at radius 3 is 2.43 bits per heavy atom. The Balaban J connectivity index is 1.85. The Labute approximate surface area is 260 Å².